The van der Waals surface area contributed by atoms with E-state index in [-0.39, 0.29) is 5.76 Å². The summed E-state index contributed by atoms with van der Waals surface area (Å²) in [5, 5.41) is 4.00. The molecular formula is C18H19N5O4. The first-order valence-electron chi connectivity index (χ1n) is 8.37. The van der Waals surface area contributed by atoms with Crippen molar-refractivity contribution >= 4 is 23.6 Å². The molecule has 2 aromatic rings. The summed E-state index contributed by atoms with van der Waals surface area (Å²) in [6.45, 7) is 1.72. The molecule has 9 heteroatoms. The first kappa shape index (κ1) is 18.2. The molecule has 9 nitrogen and oxygen atoms in total. The quantitative estimate of drug-likeness (QED) is 0.607. The fourth-order valence-corrected chi connectivity index (χ4v) is 2.95. The van der Waals surface area contributed by atoms with Crippen LogP contribution < -0.4 is 22.0 Å². The van der Waals surface area contributed by atoms with Crippen LogP contribution in [0, 0.1) is 6.92 Å². The molecule has 3 rings (SSSR count). The van der Waals surface area contributed by atoms with Gasteiger partial charge in [0.1, 0.15) is 5.76 Å². The molecule has 1 aromatic carbocycles. The minimum Gasteiger partial charge on any atom is -0.455 e. The van der Waals surface area contributed by atoms with Gasteiger partial charge in [-0.2, -0.15) is 5.10 Å². The molecule has 0 fully saturated rings. The van der Waals surface area contributed by atoms with E-state index >= 15 is 0 Å². The Morgan fingerprint density at radius 2 is 1.78 bits per heavy atom. The molecule has 1 aliphatic rings. The van der Waals surface area contributed by atoms with E-state index in [4.69, 9.17) is 10.2 Å². The first-order chi connectivity index (χ1) is 13.0. The fraction of sp³-hybridized carbons (Fsp3) is 0.222. The average molecular weight is 369 g/mol. The number of rotatable bonds is 3. The van der Waals surface area contributed by atoms with Crippen molar-refractivity contribution in [2.45, 2.75) is 26.2 Å². The summed E-state index contributed by atoms with van der Waals surface area (Å²) in [6.07, 6.45) is 2.04. The van der Waals surface area contributed by atoms with Gasteiger partial charge in [0.15, 0.2) is 5.76 Å². The number of benzene rings is 1. The number of hydrogen-bond donors (Lipinski definition) is 4. The molecule has 140 valence electrons. The monoisotopic (exact) mass is 369 g/mol. The number of furan rings is 1. The van der Waals surface area contributed by atoms with Crippen molar-refractivity contribution in [3.8, 4) is 0 Å². The first-order valence-corrected chi connectivity index (χ1v) is 8.37. The van der Waals surface area contributed by atoms with Crippen LogP contribution in [0.4, 0.5) is 4.79 Å². The number of hydrazone groups is 1. The van der Waals surface area contributed by atoms with Crippen molar-refractivity contribution in [2.24, 2.45) is 10.8 Å². The Morgan fingerprint density at radius 3 is 2.48 bits per heavy atom. The molecule has 1 aliphatic carbocycles. The lowest BCUT2D eigenvalue weighted by Gasteiger charge is -2.13. The van der Waals surface area contributed by atoms with Crippen molar-refractivity contribution in [3.05, 3.63) is 58.5 Å². The van der Waals surface area contributed by atoms with Gasteiger partial charge in [0.25, 0.3) is 5.91 Å². The third-order valence-corrected chi connectivity index (χ3v) is 4.16. The number of primary amides is 1. The molecule has 1 aromatic heterocycles. The highest BCUT2D eigenvalue weighted by Crippen LogP contribution is 2.29. The molecule has 0 aliphatic heterocycles. The number of aryl methyl sites for hydroxylation is 1. The van der Waals surface area contributed by atoms with E-state index < -0.39 is 17.8 Å². The van der Waals surface area contributed by atoms with Crippen LogP contribution in [0.15, 0.2) is 39.9 Å². The zero-order valence-electron chi connectivity index (χ0n) is 14.7. The Bertz CT molecular complexity index is 917. The number of amides is 4. The normalized spacial score (nSPS) is 14.3. The maximum absolute atomic E-state index is 12.4. The SMILES string of the molecule is Cc1c(C(=O)NNC(=O)c2ccccc2)oc2c1/C(=N/NC(N)=O)CCC2. The Kier molecular flexibility index (Phi) is 5.20. The maximum Gasteiger partial charge on any atom is 0.332 e. The van der Waals surface area contributed by atoms with Gasteiger partial charge in [-0.1, -0.05) is 18.2 Å². The Balaban J connectivity index is 1.76. The van der Waals surface area contributed by atoms with Crippen molar-refractivity contribution in [3.63, 3.8) is 0 Å². The van der Waals surface area contributed by atoms with Gasteiger partial charge in [-0.15, -0.1) is 0 Å². The van der Waals surface area contributed by atoms with Gasteiger partial charge in [0.2, 0.25) is 0 Å². The number of hydrazine groups is 1. The van der Waals surface area contributed by atoms with Gasteiger partial charge in [0, 0.05) is 23.1 Å². The summed E-state index contributed by atoms with van der Waals surface area (Å²) in [5.74, 6) is -0.315. The Morgan fingerprint density at radius 1 is 1.07 bits per heavy atom. The zero-order chi connectivity index (χ0) is 19.4. The largest absolute Gasteiger partial charge is 0.455 e. The van der Waals surface area contributed by atoms with Crippen LogP contribution in [0.3, 0.4) is 0 Å². The number of nitrogens with one attached hydrogen (secondary N) is 3. The van der Waals surface area contributed by atoms with Crippen molar-refractivity contribution in [2.75, 3.05) is 0 Å². The van der Waals surface area contributed by atoms with Gasteiger partial charge in [-0.05, 0) is 31.9 Å². The number of carbonyl (C=O) groups excluding carboxylic acids is 3. The van der Waals surface area contributed by atoms with Crippen LogP contribution in [-0.2, 0) is 6.42 Å². The Labute approximate surface area is 155 Å². The van der Waals surface area contributed by atoms with Crippen LogP contribution >= 0.6 is 0 Å². The van der Waals surface area contributed by atoms with Crippen LogP contribution in [0.25, 0.3) is 0 Å². The number of urea groups is 1. The smallest absolute Gasteiger partial charge is 0.332 e. The second-order valence-corrected chi connectivity index (χ2v) is 6.02. The topological polar surface area (TPSA) is 139 Å². The molecule has 0 bridgehead atoms. The molecule has 0 radical (unpaired) electrons. The van der Waals surface area contributed by atoms with E-state index in [2.05, 4.69) is 21.4 Å². The van der Waals surface area contributed by atoms with Gasteiger partial charge in [-0.25, -0.2) is 10.2 Å². The van der Waals surface area contributed by atoms with Crippen LogP contribution in [0.5, 0.6) is 0 Å². The molecule has 5 N–H and O–H groups in total. The summed E-state index contributed by atoms with van der Waals surface area (Å²) in [7, 11) is 0. The van der Waals surface area contributed by atoms with Gasteiger partial charge < -0.3 is 10.2 Å². The third kappa shape index (κ3) is 3.97. The van der Waals surface area contributed by atoms with Crippen LogP contribution in [0.1, 0.15) is 50.6 Å². The van der Waals surface area contributed by atoms with Crippen LogP contribution in [0.2, 0.25) is 0 Å². The lowest BCUT2D eigenvalue weighted by Crippen LogP contribution is -2.41. The molecule has 4 amide bonds. The molecule has 1 heterocycles. The molecule has 0 atom stereocenters. The summed E-state index contributed by atoms with van der Waals surface area (Å²) < 4.78 is 5.69. The number of nitrogens with two attached hydrogens (primary N) is 1. The number of nitrogens with zero attached hydrogens (tertiary/aromatic N) is 1. The number of carbonyl (C=O) groups is 3. The Hall–Kier alpha value is -3.62. The van der Waals surface area contributed by atoms with E-state index in [0.717, 1.165) is 6.42 Å². The standard InChI is InChI=1S/C18H19N5O4/c1-10-14-12(20-23-18(19)26)8-5-9-13(14)27-15(10)17(25)22-21-16(24)11-6-3-2-4-7-11/h2-4,6-7H,5,8-9H2,1H3,(H,21,24)(H,22,25)(H3,19,23,26)/b20-12+. The second-order valence-electron chi connectivity index (χ2n) is 6.02. The minimum atomic E-state index is -0.766. The minimum absolute atomic E-state index is 0.0852. The van der Waals surface area contributed by atoms with E-state index in [1.165, 1.54) is 0 Å². The van der Waals surface area contributed by atoms with Gasteiger partial charge in [-0.3, -0.25) is 20.4 Å². The second kappa shape index (κ2) is 7.73. The highest BCUT2D eigenvalue weighted by atomic mass is 16.4. The third-order valence-electron chi connectivity index (χ3n) is 4.16. The number of fused-ring (bicyclic) bond motifs is 1. The van der Waals surface area contributed by atoms with Crippen LogP contribution in [-0.4, -0.2) is 23.6 Å². The van der Waals surface area contributed by atoms with E-state index in [9.17, 15) is 14.4 Å². The average Bonchev–Trinajstić information content (AvgIpc) is 3.02. The lowest BCUT2D eigenvalue weighted by molar-refractivity contribution is 0.0829. The van der Waals surface area contributed by atoms with Gasteiger partial charge >= 0.3 is 11.9 Å². The molecule has 0 saturated heterocycles. The molecular weight excluding hydrogens is 350 g/mol. The predicted molar refractivity (Wildman–Crippen MR) is 97.0 cm³/mol. The molecule has 0 spiro atoms. The summed E-state index contributed by atoms with van der Waals surface area (Å²) >= 11 is 0. The summed E-state index contributed by atoms with van der Waals surface area (Å²) in [4.78, 5) is 35.4. The number of hydrogen-bond acceptors (Lipinski definition) is 5. The van der Waals surface area contributed by atoms with Crippen molar-refractivity contribution in [1.29, 1.82) is 0 Å². The predicted octanol–water partition coefficient (Wildman–Crippen LogP) is 1.37. The molecule has 0 saturated carbocycles. The maximum atomic E-state index is 12.4. The van der Waals surface area contributed by atoms with Gasteiger partial charge in [0.05, 0.1) is 5.71 Å². The zero-order valence-corrected chi connectivity index (χ0v) is 14.7. The van der Waals surface area contributed by atoms with E-state index in [0.29, 0.717) is 41.0 Å². The van der Waals surface area contributed by atoms with Crippen molar-refractivity contribution in [1.82, 2.24) is 16.3 Å². The van der Waals surface area contributed by atoms with Crippen molar-refractivity contribution < 1.29 is 18.8 Å². The molecule has 27 heavy (non-hydrogen) atoms. The highest BCUT2D eigenvalue weighted by Gasteiger charge is 2.28. The fourth-order valence-electron chi connectivity index (χ4n) is 2.95. The lowest BCUT2D eigenvalue weighted by atomic mass is 9.93. The highest BCUT2D eigenvalue weighted by molar-refractivity contribution is 6.07. The van der Waals surface area contributed by atoms with E-state index in [1.54, 1.807) is 37.3 Å². The summed E-state index contributed by atoms with van der Waals surface area (Å²) in [5.41, 5.74) is 14.3. The summed E-state index contributed by atoms with van der Waals surface area (Å²) in [6, 6.07) is 7.74. The molecule has 0 unspecified atom stereocenters. The van der Waals surface area contributed by atoms with E-state index in [1.807, 2.05) is 0 Å².